The molecule has 0 N–H and O–H groups in total. The third-order valence-electron chi connectivity index (χ3n) is 2.94. The van der Waals surface area contributed by atoms with Gasteiger partial charge in [-0.1, -0.05) is 17.3 Å². The maximum Gasteiger partial charge on any atom is 0.175 e. The van der Waals surface area contributed by atoms with E-state index >= 15 is 0 Å². The predicted octanol–water partition coefficient (Wildman–Crippen LogP) is 3.38. The fourth-order valence-electron chi connectivity index (χ4n) is 1.78. The molecule has 1 aromatic heterocycles. The van der Waals surface area contributed by atoms with Crippen LogP contribution >= 0.6 is 11.8 Å². The van der Waals surface area contributed by atoms with Gasteiger partial charge in [0, 0.05) is 23.3 Å². The summed E-state index contributed by atoms with van der Waals surface area (Å²) < 4.78 is 27.8. The second-order valence-corrected chi connectivity index (χ2v) is 8.07. The van der Waals surface area contributed by atoms with Gasteiger partial charge in [-0.25, -0.2) is 8.42 Å². The molecule has 0 fully saturated rings. The summed E-state index contributed by atoms with van der Waals surface area (Å²) in [5.74, 6) is 1.58. The van der Waals surface area contributed by atoms with Gasteiger partial charge in [0.2, 0.25) is 0 Å². The lowest BCUT2D eigenvalue weighted by molar-refractivity contribution is 0.393. The van der Waals surface area contributed by atoms with Crippen LogP contribution in [-0.4, -0.2) is 19.8 Å². The number of aromatic nitrogens is 1. The van der Waals surface area contributed by atoms with Gasteiger partial charge in [0.1, 0.15) is 5.76 Å². The molecule has 0 bridgehead atoms. The van der Waals surface area contributed by atoms with Gasteiger partial charge < -0.3 is 4.52 Å². The molecule has 1 aromatic carbocycles. The molecule has 1 atom stereocenters. The Hall–Kier alpha value is -1.27. The molecule has 0 saturated carbocycles. The molecule has 1 heterocycles. The highest BCUT2D eigenvalue weighted by atomic mass is 32.2. The molecule has 2 rings (SSSR count). The molecule has 1 unspecified atom stereocenters. The number of aryl methyl sites for hydroxylation is 1. The maximum atomic E-state index is 11.4. The van der Waals surface area contributed by atoms with E-state index in [1.165, 1.54) is 6.26 Å². The monoisotopic (exact) mass is 311 g/mol. The van der Waals surface area contributed by atoms with Crippen LogP contribution in [0, 0.1) is 6.92 Å². The Morgan fingerprint density at radius 1 is 1.30 bits per heavy atom. The zero-order valence-corrected chi connectivity index (χ0v) is 13.3. The van der Waals surface area contributed by atoms with Crippen LogP contribution in [-0.2, 0) is 15.6 Å². The smallest absolute Gasteiger partial charge is 0.175 e. The van der Waals surface area contributed by atoms with Crippen LogP contribution in [0.2, 0.25) is 0 Å². The van der Waals surface area contributed by atoms with Crippen molar-refractivity contribution < 1.29 is 12.9 Å². The topological polar surface area (TPSA) is 60.2 Å². The Balaban J connectivity index is 2.00. The minimum Gasteiger partial charge on any atom is -0.361 e. The number of benzene rings is 1. The van der Waals surface area contributed by atoms with Gasteiger partial charge in [0.05, 0.1) is 10.6 Å². The van der Waals surface area contributed by atoms with E-state index in [1.54, 1.807) is 23.9 Å². The quantitative estimate of drug-likeness (QED) is 0.847. The van der Waals surface area contributed by atoms with Crippen molar-refractivity contribution in [2.45, 2.75) is 29.7 Å². The van der Waals surface area contributed by atoms with Gasteiger partial charge in [-0.05, 0) is 31.5 Å². The second kappa shape index (κ2) is 6.01. The van der Waals surface area contributed by atoms with E-state index in [2.05, 4.69) is 12.1 Å². The van der Waals surface area contributed by atoms with E-state index in [-0.39, 0.29) is 5.25 Å². The first kappa shape index (κ1) is 15.1. The number of thioether (sulfide) groups is 1. The number of hydrogen-bond acceptors (Lipinski definition) is 5. The average Bonchev–Trinajstić information content (AvgIpc) is 2.81. The molecule has 0 spiro atoms. The van der Waals surface area contributed by atoms with Gasteiger partial charge >= 0.3 is 0 Å². The average molecular weight is 311 g/mol. The van der Waals surface area contributed by atoms with E-state index < -0.39 is 9.84 Å². The van der Waals surface area contributed by atoms with Gasteiger partial charge in [-0.3, -0.25) is 0 Å². The Kier molecular flexibility index (Phi) is 4.55. The zero-order valence-electron chi connectivity index (χ0n) is 11.7. The summed E-state index contributed by atoms with van der Waals surface area (Å²) in [5, 5.41) is 4.22. The van der Waals surface area contributed by atoms with Crippen LogP contribution in [0.4, 0.5) is 0 Å². The van der Waals surface area contributed by atoms with Crippen molar-refractivity contribution in [3.8, 4) is 0 Å². The standard InChI is InChI=1S/C14H17NO3S2/c1-10-8-13(15-18-10)9-19-11(2)12-4-6-14(7-5-12)20(3,16)17/h4-8,11H,9H2,1-3H3. The van der Waals surface area contributed by atoms with Crippen LogP contribution in [0.1, 0.15) is 29.2 Å². The molecular weight excluding hydrogens is 294 g/mol. The zero-order chi connectivity index (χ0) is 14.8. The fraction of sp³-hybridized carbons (Fsp3) is 0.357. The summed E-state index contributed by atoms with van der Waals surface area (Å²) in [4.78, 5) is 0.352. The molecule has 0 aliphatic carbocycles. The van der Waals surface area contributed by atoms with Crippen LogP contribution in [0.15, 0.2) is 39.8 Å². The first-order chi connectivity index (χ1) is 9.36. The van der Waals surface area contributed by atoms with Gasteiger partial charge in [0.15, 0.2) is 9.84 Å². The number of hydrogen-bond donors (Lipinski definition) is 0. The van der Waals surface area contributed by atoms with Crippen molar-refractivity contribution in [1.82, 2.24) is 5.16 Å². The third kappa shape index (κ3) is 3.86. The highest BCUT2D eigenvalue weighted by Gasteiger charge is 2.11. The second-order valence-electron chi connectivity index (χ2n) is 4.72. The minimum atomic E-state index is -3.13. The van der Waals surface area contributed by atoms with Crippen LogP contribution in [0.5, 0.6) is 0 Å². The van der Waals surface area contributed by atoms with E-state index in [0.717, 1.165) is 22.8 Å². The number of nitrogens with zero attached hydrogens (tertiary/aromatic N) is 1. The predicted molar refractivity (Wildman–Crippen MR) is 80.5 cm³/mol. The summed E-state index contributed by atoms with van der Waals surface area (Å²) in [5.41, 5.74) is 2.02. The van der Waals surface area contributed by atoms with Crippen molar-refractivity contribution in [3.05, 3.63) is 47.3 Å². The Labute approximate surface area is 123 Å². The number of sulfone groups is 1. The highest BCUT2D eigenvalue weighted by molar-refractivity contribution is 7.98. The highest BCUT2D eigenvalue weighted by Crippen LogP contribution is 2.31. The lowest BCUT2D eigenvalue weighted by Crippen LogP contribution is -1.97. The SMILES string of the molecule is Cc1cc(CSC(C)c2ccc(S(C)(=O)=O)cc2)no1. The van der Waals surface area contributed by atoms with Gasteiger partial charge in [-0.15, -0.1) is 11.8 Å². The maximum absolute atomic E-state index is 11.4. The van der Waals surface area contributed by atoms with Gasteiger partial charge in [0.25, 0.3) is 0 Å². The Bertz CT molecular complexity index is 675. The molecule has 0 amide bonds. The number of rotatable bonds is 5. The van der Waals surface area contributed by atoms with Crippen molar-refractivity contribution >= 4 is 21.6 Å². The first-order valence-corrected chi connectivity index (χ1v) is 9.14. The fourth-order valence-corrected chi connectivity index (χ4v) is 3.32. The Morgan fingerprint density at radius 3 is 2.45 bits per heavy atom. The molecular formula is C14H17NO3S2. The van der Waals surface area contributed by atoms with Crippen molar-refractivity contribution in [3.63, 3.8) is 0 Å². The molecule has 108 valence electrons. The van der Waals surface area contributed by atoms with Crippen molar-refractivity contribution in [2.24, 2.45) is 0 Å². The normalized spacial score (nSPS) is 13.3. The van der Waals surface area contributed by atoms with Gasteiger partial charge in [-0.2, -0.15) is 0 Å². The molecule has 0 aliphatic heterocycles. The minimum absolute atomic E-state index is 0.264. The van der Waals surface area contributed by atoms with Crippen molar-refractivity contribution in [2.75, 3.05) is 6.26 Å². The molecule has 20 heavy (non-hydrogen) atoms. The molecule has 0 saturated heterocycles. The van der Waals surface area contributed by atoms with E-state index in [4.69, 9.17) is 4.52 Å². The molecule has 4 nitrogen and oxygen atoms in total. The van der Waals surface area contributed by atoms with Crippen LogP contribution in [0.3, 0.4) is 0 Å². The largest absolute Gasteiger partial charge is 0.361 e. The van der Waals surface area contributed by atoms with Crippen molar-refractivity contribution in [1.29, 1.82) is 0 Å². The molecule has 2 aromatic rings. The Morgan fingerprint density at radius 2 is 1.95 bits per heavy atom. The van der Waals surface area contributed by atoms with E-state index in [9.17, 15) is 8.42 Å². The summed E-state index contributed by atoms with van der Waals surface area (Å²) in [6.45, 7) is 3.96. The summed E-state index contributed by atoms with van der Waals surface area (Å²) in [6, 6.07) is 8.96. The van der Waals surface area contributed by atoms with Crippen LogP contribution < -0.4 is 0 Å². The molecule has 0 aliphatic rings. The summed E-state index contributed by atoms with van der Waals surface area (Å²) in [6.07, 6.45) is 1.22. The van der Waals surface area contributed by atoms with E-state index in [0.29, 0.717) is 4.90 Å². The first-order valence-electron chi connectivity index (χ1n) is 6.20. The summed E-state index contributed by atoms with van der Waals surface area (Å²) >= 11 is 1.74. The third-order valence-corrected chi connectivity index (χ3v) is 5.30. The lowest BCUT2D eigenvalue weighted by Gasteiger charge is -2.11. The molecule has 6 heteroatoms. The van der Waals surface area contributed by atoms with E-state index in [1.807, 2.05) is 25.1 Å². The molecule has 0 radical (unpaired) electrons. The lowest BCUT2D eigenvalue weighted by atomic mass is 10.2. The summed E-state index contributed by atoms with van der Waals surface area (Å²) in [7, 11) is -3.13. The van der Waals surface area contributed by atoms with Crippen LogP contribution in [0.25, 0.3) is 0 Å².